The number of fused-ring (bicyclic) bond motifs is 2. The number of ether oxygens (including phenoxy) is 2. The lowest BCUT2D eigenvalue weighted by Gasteiger charge is -2.47. The van der Waals surface area contributed by atoms with E-state index in [1.54, 1.807) is 25.3 Å². The molecule has 0 aliphatic carbocycles. The zero-order valence-electron chi connectivity index (χ0n) is 14.9. The number of carbonyl (C=O) groups is 1. The van der Waals surface area contributed by atoms with Crippen molar-refractivity contribution in [3.05, 3.63) is 71.3 Å². The molecule has 0 spiro atoms. The van der Waals surface area contributed by atoms with Crippen molar-refractivity contribution in [2.75, 3.05) is 27.3 Å². The molecule has 0 fully saturated rings. The summed E-state index contributed by atoms with van der Waals surface area (Å²) in [5.74, 6) is -0.826. The molecule has 2 heterocycles. The van der Waals surface area contributed by atoms with Crippen LogP contribution in [0.2, 0.25) is 0 Å². The average molecular weight is 351 g/mol. The monoisotopic (exact) mass is 351 g/mol. The fraction of sp³-hybridized carbons (Fsp3) is 0.300. The van der Waals surface area contributed by atoms with Crippen molar-refractivity contribution in [1.82, 2.24) is 10.0 Å². The van der Waals surface area contributed by atoms with Crippen molar-refractivity contribution in [3.63, 3.8) is 0 Å². The minimum Gasteiger partial charge on any atom is -0.343 e. The second kappa shape index (κ2) is 6.64. The maximum atomic E-state index is 13.3. The van der Waals surface area contributed by atoms with Gasteiger partial charge < -0.3 is 9.47 Å². The van der Waals surface area contributed by atoms with Crippen LogP contribution in [-0.4, -0.2) is 49.1 Å². The number of hydrazine groups is 1. The maximum Gasteiger partial charge on any atom is 0.274 e. The van der Waals surface area contributed by atoms with E-state index in [2.05, 4.69) is 4.99 Å². The van der Waals surface area contributed by atoms with Crippen molar-refractivity contribution < 1.29 is 14.3 Å². The molecule has 6 heteroatoms. The second-order valence-electron chi connectivity index (χ2n) is 6.27. The average Bonchev–Trinajstić information content (AvgIpc) is 2.70. The van der Waals surface area contributed by atoms with E-state index in [1.807, 2.05) is 53.5 Å². The smallest absolute Gasteiger partial charge is 0.274 e. The van der Waals surface area contributed by atoms with E-state index in [0.717, 1.165) is 5.56 Å². The van der Waals surface area contributed by atoms with E-state index in [9.17, 15) is 4.79 Å². The maximum absolute atomic E-state index is 13.3. The van der Waals surface area contributed by atoms with Gasteiger partial charge in [0.1, 0.15) is 0 Å². The summed E-state index contributed by atoms with van der Waals surface area (Å²) in [5, 5.41) is 3.62. The van der Waals surface area contributed by atoms with Crippen molar-refractivity contribution in [2.24, 2.45) is 4.99 Å². The first kappa shape index (κ1) is 16.9. The first-order valence-electron chi connectivity index (χ1n) is 8.59. The van der Waals surface area contributed by atoms with Gasteiger partial charge in [0.15, 0.2) is 5.84 Å². The van der Waals surface area contributed by atoms with Gasteiger partial charge >= 0.3 is 0 Å². The zero-order valence-corrected chi connectivity index (χ0v) is 14.9. The second-order valence-corrected chi connectivity index (χ2v) is 6.27. The molecule has 2 aromatic rings. The molecular weight excluding hydrogens is 330 g/mol. The molecule has 2 aliphatic rings. The first-order chi connectivity index (χ1) is 12.7. The molecule has 1 amide bonds. The number of nitrogens with zero attached hydrogens (tertiary/aromatic N) is 3. The molecule has 0 unspecified atom stereocenters. The molecule has 2 aromatic carbocycles. The summed E-state index contributed by atoms with van der Waals surface area (Å²) < 4.78 is 11.6. The molecule has 0 saturated carbocycles. The Bertz CT molecular complexity index is 846. The van der Waals surface area contributed by atoms with Crippen LogP contribution in [0.5, 0.6) is 0 Å². The van der Waals surface area contributed by atoms with Crippen LogP contribution in [0.4, 0.5) is 0 Å². The van der Waals surface area contributed by atoms with Gasteiger partial charge in [0.25, 0.3) is 11.7 Å². The summed E-state index contributed by atoms with van der Waals surface area (Å²) in [7, 11) is 3.15. The number of methoxy groups -OCH3 is 2. The normalized spacial score (nSPS) is 18.9. The van der Waals surface area contributed by atoms with Gasteiger partial charge in [-0.2, -0.15) is 0 Å². The summed E-state index contributed by atoms with van der Waals surface area (Å²) in [6, 6.07) is 17.5. The third-order valence-electron chi connectivity index (χ3n) is 4.88. The van der Waals surface area contributed by atoms with Crippen LogP contribution in [0.1, 0.15) is 21.5 Å². The molecule has 4 rings (SSSR count). The van der Waals surface area contributed by atoms with E-state index in [4.69, 9.17) is 9.47 Å². The predicted molar refractivity (Wildman–Crippen MR) is 97.5 cm³/mol. The van der Waals surface area contributed by atoms with E-state index >= 15 is 0 Å². The minimum atomic E-state index is -1.19. The summed E-state index contributed by atoms with van der Waals surface area (Å²) >= 11 is 0. The first-order valence-corrected chi connectivity index (χ1v) is 8.59. The molecule has 0 bridgehead atoms. The van der Waals surface area contributed by atoms with Crippen LogP contribution in [0.3, 0.4) is 0 Å². The number of rotatable bonds is 4. The summed E-state index contributed by atoms with van der Waals surface area (Å²) in [4.78, 5) is 17.9. The summed E-state index contributed by atoms with van der Waals surface area (Å²) in [6.45, 7) is 1.83. The van der Waals surface area contributed by atoms with E-state index in [0.29, 0.717) is 36.6 Å². The highest BCUT2D eigenvalue weighted by molar-refractivity contribution is 6.13. The van der Waals surface area contributed by atoms with Gasteiger partial charge in [0.2, 0.25) is 0 Å². The Morgan fingerprint density at radius 3 is 2.46 bits per heavy atom. The third-order valence-corrected chi connectivity index (χ3v) is 4.88. The van der Waals surface area contributed by atoms with Crippen molar-refractivity contribution in [2.45, 2.75) is 12.3 Å². The van der Waals surface area contributed by atoms with Crippen LogP contribution in [0.25, 0.3) is 0 Å². The minimum absolute atomic E-state index is 0.111. The molecule has 0 radical (unpaired) electrons. The fourth-order valence-electron chi connectivity index (χ4n) is 3.66. The van der Waals surface area contributed by atoms with E-state index in [-0.39, 0.29) is 5.91 Å². The summed E-state index contributed by atoms with van der Waals surface area (Å²) in [6.07, 6.45) is 0. The molecule has 0 atom stereocenters. The highest BCUT2D eigenvalue weighted by Crippen LogP contribution is 2.39. The summed E-state index contributed by atoms with van der Waals surface area (Å²) in [5.41, 5.74) is 2.38. The molecule has 0 N–H and O–H groups in total. The number of hydrogen-bond donors (Lipinski definition) is 0. The Hall–Kier alpha value is -2.54. The topological polar surface area (TPSA) is 54.4 Å². The SMILES string of the molecule is COC1(OC)C2=NCCN(Cc3ccccc3)N2C(=O)c2ccccc21. The number of amides is 1. The van der Waals surface area contributed by atoms with Gasteiger partial charge in [-0.3, -0.25) is 9.79 Å². The number of benzene rings is 2. The lowest BCUT2D eigenvalue weighted by molar-refractivity contribution is -0.176. The van der Waals surface area contributed by atoms with Crippen LogP contribution >= 0.6 is 0 Å². The highest BCUT2D eigenvalue weighted by atomic mass is 16.7. The Morgan fingerprint density at radius 2 is 1.73 bits per heavy atom. The zero-order chi connectivity index (χ0) is 18.1. The Balaban J connectivity index is 1.81. The van der Waals surface area contributed by atoms with Crippen LogP contribution < -0.4 is 0 Å². The molecule has 2 aliphatic heterocycles. The predicted octanol–water partition coefficient (Wildman–Crippen LogP) is 2.42. The number of carbonyl (C=O) groups excluding carboxylic acids is 1. The molecule has 6 nitrogen and oxygen atoms in total. The molecule has 26 heavy (non-hydrogen) atoms. The van der Waals surface area contributed by atoms with Gasteiger partial charge in [-0.05, 0) is 11.6 Å². The highest BCUT2D eigenvalue weighted by Gasteiger charge is 2.52. The number of amidine groups is 1. The van der Waals surface area contributed by atoms with Gasteiger partial charge in [0.05, 0.1) is 12.1 Å². The standard InChI is InChI=1S/C20H21N3O3/c1-25-20(26-2)17-11-7-6-10-16(17)18(24)23-19(20)21-12-13-22(23)14-15-8-4-3-5-9-15/h3-11H,12-14H2,1-2H3. The third kappa shape index (κ3) is 2.46. The molecular formula is C20H21N3O3. The number of hydrogen-bond acceptors (Lipinski definition) is 5. The van der Waals surface area contributed by atoms with E-state index < -0.39 is 5.79 Å². The van der Waals surface area contributed by atoms with Crippen molar-refractivity contribution >= 4 is 11.7 Å². The fourth-order valence-corrected chi connectivity index (χ4v) is 3.66. The molecule has 0 aromatic heterocycles. The largest absolute Gasteiger partial charge is 0.343 e. The van der Waals surface area contributed by atoms with Gasteiger partial charge in [-0.1, -0.05) is 48.5 Å². The molecule has 0 saturated heterocycles. The van der Waals surface area contributed by atoms with Crippen LogP contribution in [0.15, 0.2) is 59.6 Å². The van der Waals surface area contributed by atoms with Gasteiger partial charge in [-0.25, -0.2) is 10.0 Å². The Kier molecular flexibility index (Phi) is 4.32. The van der Waals surface area contributed by atoms with Crippen molar-refractivity contribution in [1.29, 1.82) is 0 Å². The Labute approximate surface area is 152 Å². The van der Waals surface area contributed by atoms with Gasteiger partial charge in [-0.15, -0.1) is 0 Å². The lowest BCUT2D eigenvalue weighted by Crippen LogP contribution is -2.63. The van der Waals surface area contributed by atoms with Crippen LogP contribution in [0, 0.1) is 0 Å². The number of aliphatic imine (C=N–C) groups is 1. The van der Waals surface area contributed by atoms with Gasteiger partial charge in [0, 0.05) is 32.9 Å². The Morgan fingerprint density at radius 1 is 1.04 bits per heavy atom. The van der Waals surface area contributed by atoms with Crippen LogP contribution in [-0.2, 0) is 21.8 Å². The lowest BCUT2D eigenvalue weighted by atomic mass is 9.92. The van der Waals surface area contributed by atoms with E-state index in [1.165, 1.54) is 0 Å². The quantitative estimate of drug-likeness (QED) is 0.794. The molecule has 134 valence electrons. The van der Waals surface area contributed by atoms with Crippen molar-refractivity contribution in [3.8, 4) is 0 Å².